The number of hydrogen-bond donors (Lipinski definition) is 0. The van der Waals surface area contributed by atoms with E-state index in [1.54, 1.807) is 0 Å². The second kappa shape index (κ2) is 7.43. The van der Waals surface area contributed by atoms with Gasteiger partial charge in [-0.25, -0.2) is 4.79 Å². The van der Waals surface area contributed by atoms with Gasteiger partial charge in [-0.05, 0) is 43.0 Å². The fourth-order valence-corrected chi connectivity index (χ4v) is 3.34. The van der Waals surface area contributed by atoms with Crippen LogP contribution in [0.25, 0.3) is 0 Å². The molecule has 2 aromatic carbocycles. The zero-order valence-electron chi connectivity index (χ0n) is 12.3. The third-order valence-corrected chi connectivity index (χ3v) is 5.68. The molecule has 0 N–H and O–H groups in total. The third kappa shape index (κ3) is 3.91. The molecule has 0 radical (unpaired) electrons. The Morgan fingerprint density at radius 2 is 1.35 bits per heavy atom. The second-order valence-corrected chi connectivity index (χ2v) is 6.94. The Kier molecular flexibility index (Phi) is 5.30. The number of halogens is 2. The molecule has 1 heterocycles. The second-order valence-electron chi connectivity index (χ2n) is 5.30. The molecule has 118 valence electrons. The van der Waals surface area contributed by atoms with Gasteiger partial charge in [0, 0.05) is 13.1 Å². The van der Waals surface area contributed by atoms with E-state index in [0.717, 1.165) is 4.48 Å². The van der Waals surface area contributed by atoms with Gasteiger partial charge in [0.2, 0.25) is 0 Å². The highest BCUT2D eigenvalue weighted by atomic mass is 79.9. The molecule has 1 atom stereocenters. The van der Waals surface area contributed by atoms with Crippen molar-refractivity contribution in [1.29, 1.82) is 0 Å². The fourth-order valence-electron chi connectivity index (χ4n) is 2.50. The Morgan fingerprint density at radius 1 is 0.870 bits per heavy atom. The third-order valence-electron chi connectivity index (χ3n) is 3.61. The van der Waals surface area contributed by atoms with E-state index in [2.05, 4.69) is 61.0 Å². The monoisotopic (exact) mass is 435 g/mol. The van der Waals surface area contributed by atoms with Gasteiger partial charge in [-0.3, -0.25) is 4.90 Å². The van der Waals surface area contributed by atoms with Gasteiger partial charge in [-0.2, -0.15) is 0 Å². The molecule has 1 aliphatic rings. The number of benzene rings is 2. The van der Waals surface area contributed by atoms with Crippen molar-refractivity contribution >= 4 is 37.8 Å². The maximum Gasteiger partial charge on any atom is 0.348 e. The van der Waals surface area contributed by atoms with E-state index in [1.165, 1.54) is 11.1 Å². The van der Waals surface area contributed by atoms with Crippen molar-refractivity contribution in [2.75, 3.05) is 0 Å². The molecule has 1 unspecified atom stereocenters. The van der Waals surface area contributed by atoms with Crippen LogP contribution in [-0.2, 0) is 22.6 Å². The average Bonchev–Trinajstić information content (AvgIpc) is 2.84. The maximum atomic E-state index is 11.8. The molecule has 3 nitrogen and oxygen atoms in total. The summed E-state index contributed by atoms with van der Waals surface area (Å²) in [6.45, 7) is 1.37. The highest BCUT2D eigenvalue weighted by molar-refractivity contribution is 9.14. The molecule has 0 fully saturated rings. The van der Waals surface area contributed by atoms with Crippen LogP contribution in [0.15, 0.2) is 69.6 Å². The Bertz CT molecular complexity index is 675. The molecule has 1 aliphatic heterocycles. The molecule has 2 aromatic rings. The van der Waals surface area contributed by atoms with Crippen molar-refractivity contribution in [2.45, 2.75) is 19.3 Å². The number of cyclic esters (lactones) is 1. The molecule has 5 heteroatoms. The van der Waals surface area contributed by atoms with Crippen LogP contribution in [0.1, 0.15) is 11.1 Å². The van der Waals surface area contributed by atoms with E-state index in [1.807, 2.05) is 36.4 Å². The van der Waals surface area contributed by atoms with E-state index < -0.39 is 6.23 Å². The van der Waals surface area contributed by atoms with Crippen molar-refractivity contribution < 1.29 is 9.53 Å². The van der Waals surface area contributed by atoms with E-state index in [9.17, 15) is 4.79 Å². The lowest BCUT2D eigenvalue weighted by Gasteiger charge is -2.28. The van der Waals surface area contributed by atoms with Crippen LogP contribution in [0.3, 0.4) is 0 Å². The average molecular weight is 437 g/mol. The number of ether oxygens (including phenoxy) is 1. The molecular weight excluding hydrogens is 422 g/mol. The lowest BCUT2D eigenvalue weighted by Crippen LogP contribution is -2.35. The summed E-state index contributed by atoms with van der Waals surface area (Å²) in [6, 6.07) is 20.3. The van der Waals surface area contributed by atoms with E-state index in [-0.39, 0.29) is 5.97 Å². The van der Waals surface area contributed by atoms with Crippen LogP contribution in [0.5, 0.6) is 0 Å². The highest BCUT2D eigenvalue weighted by Gasteiger charge is 2.35. The van der Waals surface area contributed by atoms with Gasteiger partial charge in [-0.1, -0.05) is 60.7 Å². The number of rotatable bonds is 5. The predicted octanol–water partition coefficient (Wildman–Crippen LogP) is 4.57. The minimum Gasteiger partial charge on any atom is -0.437 e. The van der Waals surface area contributed by atoms with Gasteiger partial charge < -0.3 is 4.74 Å². The van der Waals surface area contributed by atoms with E-state index >= 15 is 0 Å². The summed E-state index contributed by atoms with van der Waals surface area (Å²) in [6.07, 6.45) is -0.419. The zero-order valence-corrected chi connectivity index (χ0v) is 15.5. The summed E-state index contributed by atoms with van der Waals surface area (Å²) >= 11 is 6.76. The quantitative estimate of drug-likeness (QED) is 0.642. The number of esters is 1. The molecule has 0 amide bonds. The molecule has 23 heavy (non-hydrogen) atoms. The van der Waals surface area contributed by atoms with Gasteiger partial charge in [0.15, 0.2) is 6.23 Å². The van der Waals surface area contributed by atoms with E-state index in [4.69, 9.17) is 4.74 Å². The summed E-state index contributed by atoms with van der Waals surface area (Å²) in [7, 11) is 0. The smallest absolute Gasteiger partial charge is 0.348 e. The largest absolute Gasteiger partial charge is 0.437 e. The zero-order chi connectivity index (χ0) is 16.2. The molecular formula is C18H15Br2NO2. The summed E-state index contributed by atoms with van der Waals surface area (Å²) in [4.78, 5) is 13.9. The first-order chi connectivity index (χ1) is 11.1. The summed E-state index contributed by atoms with van der Waals surface area (Å²) < 4.78 is 6.69. The van der Waals surface area contributed by atoms with Crippen LogP contribution in [0, 0.1) is 0 Å². The Hall–Kier alpha value is -1.43. The molecule has 0 saturated heterocycles. The van der Waals surface area contributed by atoms with Crippen LogP contribution >= 0.6 is 31.9 Å². The van der Waals surface area contributed by atoms with Crippen LogP contribution < -0.4 is 0 Å². The number of carbonyl (C=O) groups is 1. The minimum atomic E-state index is -0.419. The first-order valence-electron chi connectivity index (χ1n) is 7.23. The van der Waals surface area contributed by atoms with Crippen LogP contribution in [-0.4, -0.2) is 17.1 Å². The standard InChI is InChI=1S/C18H15Br2NO2/c19-15-16(20)18(22)23-17(15)21(11-13-7-3-1-4-8-13)12-14-9-5-2-6-10-14/h1-10,17H,11-12H2. The van der Waals surface area contributed by atoms with Crippen molar-refractivity contribution in [2.24, 2.45) is 0 Å². The Balaban J connectivity index is 1.86. The van der Waals surface area contributed by atoms with Crippen molar-refractivity contribution in [3.05, 3.63) is 80.8 Å². The summed E-state index contributed by atoms with van der Waals surface area (Å²) in [5.41, 5.74) is 2.34. The van der Waals surface area contributed by atoms with Crippen molar-refractivity contribution in [1.82, 2.24) is 4.90 Å². The predicted molar refractivity (Wildman–Crippen MR) is 96.9 cm³/mol. The topological polar surface area (TPSA) is 29.5 Å². The highest BCUT2D eigenvalue weighted by Crippen LogP contribution is 2.34. The fraction of sp³-hybridized carbons (Fsp3) is 0.167. The molecule has 0 aromatic heterocycles. The minimum absolute atomic E-state index is 0.340. The molecule has 3 rings (SSSR count). The Morgan fingerprint density at radius 3 is 1.74 bits per heavy atom. The van der Waals surface area contributed by atoms with Crippen LogP contribution in [0.2, 0.25) is 0 Å². The Labute approximate surface area is 152 Å². The van der Waals surface area contributed by atoms with Crippen LogP contribution in [0.4, 0.5) is 0 Å². The normalized spacial score (nSPS) is 17.7. The van der Waals surface area contributed by atoms with Gasteiger partial charge >= 0.3 is 5.97 Å². The molecule has 0 saturated carbocycles. The number of nitrogens with zero attached hydrogens (tertiary/aromatic N) is 1. The number of hydrogen-bond acceptors (Lipinski definition) is 3. The summed E-state index contributed by atoms with van der Waals surface area (Å²) in [5, 5.41) is 0. The molecule has 0 aliphatic carbocycles. The van der Waals surface area contributed by atoms with Gasteiger partial charge in [0.1, 0.15) is 4.48 Å². The first-order valence-corrected chi connectivity index (χ1v) is 8.82. The van der Waals surface area contributed by atoms with Crippen molar-refractivity contribution in [3.8, 4) is 0 Å². The lowest BCUT2D eigenvalue weighted by atomic mass is 10.1. The van der Waals surface area contributed by atoms with E-state index in [0.29, 0.717) is 17.6 Å². The van der Waals surface area contributed by atoms with Gasteiger partial charge in [0.25, 0.3) is 0 Å². The van der Waals surface area contributed by atoms with Gasteiger partial charge in [-0.15, -0.1) is 0 Å². The summed E-state index contributed by atoms with van der Waals surface area (Å²) in [5.74, 6) is -0.340. The molecule has 0 bridgehead atoms. The SMILES string of the molecule is O=C1OC(N(Cc2ccccc2)Cc2ccccc2)C(Br)=C1Br. The first kappa shape index (κ1) is 16.4. The van der Waals surface area contributed by atoms with Gasteiger partial charge in [0.05, 0.1) is 4.48 Å². The lowest BCUT2D eigenvalue weighted by molar-refractivity contribution is -0.146. The number of carbonyl (C=O) groups excluding carboxylic acids is 1. The molecule has 0 spiro atoms. The maximum absolute atomic E-state index is 11.8. The van der Waals surface area contributed by atoms with Crippen molar-refractivity contribution in [3.63, 3.8) is 0 Å².